The smallest absolute Gasteiger partial charge is 0.287 e. The molecule has 0 aliphatic heterocycles. The van der Waals surface area contributed by atoms with Crippen LogP contribution in [0.2, 0.25) is 0 Å². The maximum Gasteiger partial charge on any atom is 0.287 e. The molecular weight excluding hydrogens is 342 g/mol. The summed E-state index contributed by atoms with van der Waals surface area (Å²) >= 11 is 0. The molecule has 2 amide bonds. The normalized spacial score (nSPS) is 10.4. The summed E-state index contributed by atoms with van der Waals surface area (Å²) in [6.07, 6.45) is 3.54. The summed E-state index contributed by atoms with van der Waals surface area (Å²) in [6.45, 7) is 2.60. The molecule has 0 fully saturated rings. The van der Waals surface area contributed by atoms with Crippen LogP contribution in [0.15, 0.2) is 48.7 Å². The Morgan fingerprint density at radius 2 is 2.04 bits per heavy atom. The molecule has 3 rings (SSSR count). The lowest BCUT2D eigenvalue weighted by atomic mass is 10.2. The van der Waals surface area contributed by atoms with E-state index in [1.54, 1.807) is 53.1 Å². The lowest BCUT2D eigenvalue weighted by Gasteiger charge is -2.03. The Bertz CT molecular complexity index is 1030. The summed E-state index contributed by atoms with van der Waals surface area (Å²) in [6, 6.07) is 13.9. The van der Waals surface area contributed by atoms with Gasteiger partial charge < -0.3 is 10.6 Å². The van der Waals surface area contributed by atoms with Crippen LogP contribution in [0.4, 0.5) is 5.69 Å². The molecule has 1 aromatic carbocycles. The topological polar surface area (TPSA) is 99.3 Å². The fraction of sp³-hybridized carbons (Fsp3) is 0.200. The Morgan fingerprint density at radius 3 is 2.81 bits per heavy atom. The predicted molar refractivity (Wildman–Crippen MR) is 102 cm³/mol. The van der Waals surface area contributed by atoms with Gasteiger partial charge in [0.05, 0.1) is 17.1 Å². The first-order chi connectivity index (χ1) is 13.1. The number of nitrogens with one attached hydrogen (secondary N) is 2. The van der Waals surface area contributed by atoms with Crippen LogP contribution >= 0.6 is 0 Å². The van der Waals surface area contributed by atoms with Gasteiger partial charge in [-0.2, -0.15) is 5.26 Å². The largest absolute Gasteiger partial charge is 0.349 e. The summed E-state index contributed by atoms with van der Waals surface area (Å²) in [5, 5.41) is 14.5. The van der Waals surface area contributed by atoms with Crippen LogP contribution in [0.5, 0.6) is 0 Å². The van der Waals surface area contributed by atoms with Gasteiger partial charge in [0.1, 0.15) is 0 Å². The van der Waals surface area contributed by atoms with E-state index in [-0.39, 0.29) is 17.4 Å². The van der Waals surface area contributed by atoms with Crippen molar-refractivity contribution in [3.05, 3.63) is 65.7 Å². The van der Waals surface area contributed by atoms with Crippen LogP contribution in [0.1, 0.15) is 46.4 Å². The van der Waals surface area contributed by atoms with Gasteiger partial charge in [0, 0.05) is 18.4 Å². The number of fused-ring (bicyclic) bond motifs is 1. The summed E-state index contributed by atoms with van der Waals surface area (Å²) < 4.78 is 1.60. The van der Waals surface area contributed by atoms with E-state index < -0.39 is 5.91 Å². The molecule has 0 atom stereocenters. The van der Waals surface area contributed by atoms with Crippen molar-refractivity contribution in [1.29, 1.82) is 5.26 Å². The van der Waals surface area contributed by atoms with Gasteiger partial charge in [-0.25, -0.2) is 4.98 Å². The van der Waals surface area contributed by atoms with Crippen LogP contribution in [-0.2, 0) is 0 Å². The van der Waals surface area contributed by atoms with Crippen molar-refractivity contribution >= 4 is 23.0 Å². The fourth-order valence-electron chi connectivity index (χ4n) is 2.68. The minimum Gasteiger partial charge on any atom is -0.349 e. The second-order valence-corrected chi connectivity index (χ2v) is 6.00. The average molecular weight is 361 g/mol. The number of anilines is 1. The maximum absolute atomic E-state index is 12.7. The second-order valence-electron chi connectivity index (χ2n) is 6.00. The van der Waals surface area contributed by atoms with Crippen molar-refractivity contribution in [2.45, 2.75) is 19.8 Å². The van der Waals surface area contributed by atoms with Crippen LogP contribution in [0.25, 0.3) is 5.52 Å². The number of nitriles is 1. The van der Waals surface area contributed by atoms with Crippen LogP contribution in [0, 0.1) is 11.3 Å². The molecule has 27 heavy (non-hydrogen) atoms. The molecule has 0 aliphatic carbocycles. The predicted octanol–water partition coefficient (Wildman–Crippen LogP) is 2.99. The molecule has 7 heteroatoms. The zero-order valence-electron chi connectivity index (χ0n) is 14.9. The van der Waals surface area contributed by atoms with Crippen LogP contribution in [0.3, 0.4) is 0 Å². The molecule has 2 aromatic heterocycles. The molecule has 0 saturated heterocycles. The molecule has 0 spiro atoms. The molecule has 0 saturated carbocycles. The monoisotopic (exact) mass is 361 g/mol. The third kappa shape index (κ3) is 3.96. The highest BCUT2D eigenvalue weighted by Crippen LogP contribution is 2.16. The van der Waals surface area contributed by atoms with E-state index in [1.165, 1.54) is 0 Å². The Hall–Kier alpha value is -3.66. The second kappa shape index (κ2) is 8.15. The highest BCUT2D eigenvalue weighted by molar-refractivity contribution is 6.09. The van der Waals surface area contributed by atoms with Crippen molar-refractivity contribution in [2.24, 2.45) is 0 Å². The molecule has 7 nitrogen and oxygen atoms in total. The Labute approximate surface area is 156 Å². The molecule has 0 radical (unpaired) electrons. The van der Waals surface area contributed by atoms with E-state index in [0.29, 0.717) is 23.3 Å². The van der Waals surface area contributed by atoms with Gasteiger partial charge in [-0.1, -0.05) is 25.5 Å². The van der Waals surface area contributed by atoms with Crippen molar-refractivity contribution in [3.63, 3.8) is 0 Å². The van der Waals surface area contributed by atoms with Crippen molar-refractivity contribution in [1.82, 2.24) is 14.7 Å². The van der Waals surface area contributed by atoms with E-state index in [1.807, 2.05) is 13.0 Å². The number of rotatable bonds is 6. The number of carbonyl (C=O) groups excluding carboxylic acids is 2. The van der Waals surface area contributed by atoms with Crippen LogP contribution < -0.4 is 10.6 Å². The number of pyridine rings is 1. The molecule has 3 aromatic rings. The number of unbranched alkanes of at least 4 members (excludes halogenated alkanes) is 1. The number of hydrogen-bond acceptors (Lipinski definition) is 4. The number of aromatic nitrogens is 2. The van der Waals surface area contributed by atoms with Gasteiger partial charge in [-0.15, -0.1) is 0 Å². The van der Waals surface area contributed by atoms with Crippen molar-refractivity contribution < 1.29 is 9.59 Å². The highest BCUT2D eigenvalue weighted by atomic mass is 16.2. The number of nitrogens with zero attached hydrogens (tertiary/aromatic N) is 3. The SMILES string of the molecule is CCCCNC(=O)c1nc(C(=O)Nc2cccc(C#N)c2)c2ccccn12. The quantitative estimate of drug-likeness (QED) is 0.659. The third-order valence-electron chi connectivity index (χ3n) is 4.03. The first-order valence-corrected chi connectivity index (χ1v) is 8.71. The van der Waals surface area contributed by atoms with E-state index >= 15 is 0 Å². The average Bonchev–Trinajstić information content (AvgIpc) is 3.08. The summed E-state index contributed by atoms with van der Waals surface area (Å²) in [4.78, 5) is 29.5. The standard InChI is InChI=1S/C20H19N5O2/c1-2-3-10-22-20(27)18-24-17(16-9-4-5-11-25(16)18)19(26)23-15-8-6-7-14(12-15)13-21/h4-9,11-12H,2-3,10H2,1H3,(H,22,27)(H,23,26). The molecule has 2 heterocycles. The lowest BCUT2D eigenvalue weighted by molar-refractivity contribution is 0.0942. The van der Waals surface area contributed by atoms with E-state index in [4.69, 9.17) is 5.26 Å². The van der Waals surface area contributed by atoms with Gasteiger partial charge in [-0.3, -0.25) is 14.0 Å². The first-order valence-electron chi connectivity index (χ1n) is 8.71. The van der Waals surface area contributed by atoms with Crippen LogP contribution in [-0.4, -0.2) is 27.7 Å². The molecule has 0 aliphatic rings. The minimum absolute atomic E-state index is 0.151. The van der Waals surface area contributed by atoms with Gasteiger partial charge in [-0.05, 0) is 36.8 Å². The van der Waals surface area contributed by atoms with Crippen molar-refractivity contribution in [3.8, 4) is 6.07 Å². The summed E-state index contributed by atoms with van der Waals surface area (Å²) in [5.41, 5.74) is 1.62. The Morgan fingerprint density at radius 1 is 1.19 bits per heavy atom. The number of amides is 2. The number of carbonyl (C=O) groups is 2. The summed E-state index contributed by atoms with van der Waals surface area (Å²) in [7, 11) is 0. The Kier molecular flexibility index (Phi) is 5.47. The number of imidazole rings is 1. The highest BCUT2D eigenvalue weighted by Gasteiger charge is 2.21. The molecule has 0 bridgehead atoms. The van der Waals surface area contributed by atoms with Gasteiger partial charge in [0.15, 0.2) is 5.69 Å². The van der Waals surface area contributed by atoms with Crippen molar-refractivity contribution in [2.75, 3.05) is 11.9 Å². The zero-order chi connectivity index (χ0) is 19.2. The number of benzene rings is 1. The molecule has 2 N–H and O–H groups in total. The van der Waals surface area contributed by atoms with E-state index in [2.05, 4.69) is 15.6 Å². The lowest BCUT2D eigenvalue weighted by Crippen LogP contribution is -2.26. The minimum atomic E-state index is -0.443. The molecule has 0 unspecified atom stereocenters. The Balaban J connectivity index is 1.91. The van der Waals surface area contributed by atoms with E-state index in [9.17, 15) is 9.59 Å². The van der Waals surface area contributed by atoms with Gasteiger partial charge in [0.2, 0.25) is 5.82 Å². The van der Waals surface area contributed by atoms with Gasteiger partial charge in [0.25, 0.3) is 11.8 Å². The molecular formula is C20H19N5O2. The number of hydrogen-bond donors (Lipinski definition) is 2. The van der Waals surface area contributed by atoms with E-state index in [0.717, 1.165) is 12.8 Å². The first kappa shape index (κ1) is 18.1. The molecule has 136 valence electrons. The third-order valence-corrected chi connectivity index (χ3v) is 4.03. The maximum atomic E-state index is 12.7. The zero-order valence-corrected chi connectivity index (χ0v) is 14.9. The summed E-state index contributed by atoms with van der Waals surface area (Å²) in [5.74, 6) is -0.603. The fourth-order valence-corrected chi connectivity index (χ4v) is 2.68. The van der Waals surface area contributed by atoms with Gasteiger partial charge >= 0.3 is 0 Å².